The van der Waals surface area contributed by atoms with Crippen LogP contribution < -0.4 is 10.6 Å². The van der Waals surface area contributed by atoms with Crippen LogP contribution >= 0.6 is 35.3 Å². The molecule has 166 valence electrons. The zero-order chi connectivity index (χ0) is 20.7. The molecule has 0 saturated carbocycles. The third-order valence-corrected chi connectivity index (χ3v) is 6.17. The molecule has 1 aliphatic rings. The predicted molar refractivity (Wildman–Crippen MR) is 139 cm³/mol. The number of nitrogens with zero attached hydrogens (tertiary/aromatic N) is 3. The zero-order valence-corrected chi connectivity index (χ0v) is 21.8. The monoisotopic (exact) mass is 541 g/mol. The lowest BCUT2D eigenvalue weighted by atomic mass is 9.93. The van der Waals surface area contributed by atoms with Crippen LogP contribution in [0.2, 0.25) is 0 Å². The maximum absolute atomic E-state index is 4.76. The van der Waals surface area contributed by atoms with Crippen molar-refractivity contribution in [3.8, 4) is 0 Å². The summed E-state index contributed by atoms with van der Waals surface area (Å²) in [5.74, 6) is 0.832. The van der Waals surface area contributed by atoms with Crippen molar-refractivity contribution in [1.82, 2.24) is 20.5 Å². The highest BCUT2D eigenvalue weighted by atomic mass is 127. The number of likely N-dealkylation sites (tertiary alicyclic amines) is 1. The number of aromatic nitrogens is 1. The molecule has 0 atom stereocenters. The van der Waals surface area contributed by atoms with Crippen molar-refractivity contribution in [2.75, 3.05) is 26.7 Å². The van der Waals surface area contributed by atoms with Crippen LogP contribution in [0.1, 0.15) is 55.4 Å². The average molecular weight is 542 g/mol. The van der Waals surface area contributed by atoms with Crippen LogP contribution in [-0.2, 0) is 24.9 Å². The molecule has 0 spiro atoms. The number of hydrogen-bond donors (Lipinski definition) is 2. The number of aliphatic imine (C=N–C) groups is 1. The van der Waals surface area contributed by atoms with Crippen LogP contribution in [0.5, 0.6) is 0 Å². The van der Waals surface area contributed by atoms with E-state index in [0.717, 1.165) is 32.0 Å². The number of hydrogen-bond acceptors (Lipinski definition) is 4. The number of nitrogens with one attached hydrogen (secondary N) is 2. The number of halogens is 1. The second kappa shape index (κ2) is 12.0. The van der Waals surface area contributed by atoms with E-state index in [1.54, 1.807) is 11.3 Å². The summed E-state index contributed by atoms with van der Waals surface area (Å²) in [7, 11) is 1.82. The molecule has 0 radical (unpaired) electrons. The molecule has 30 heavy (non-hydrogen) atoms. The lowest BCUT2D eigenvalue weighted by molar-refractivity contribution is 0.331. The molecule has 0 bridgehead atoms. The summed E-state index contributed by atoms with van der Waals surface area (Å²) in [6.45, 7) is 11.8. The molecular formula is C23H36IN5S. The topological polar surface area (TPSA) is 52.6 Å². The molecule has 1 aromatic heterocycles. The molecule has 1 fully saturated rings. The highest BCUT2D eigenvalue weighted by Gasteiger charge is 2.17. The van der Waals surface area contributed by atoms with Gasteiger partial charge in [0.25, 0.3) is 0 Å². The first-order chi connectivity index (χ1) is 13.9. The van der Waals surface area contributed by atoms with Gasteiger partial charge < -0.3 is 10.6 Å². The Morgan fingerprint density at radius 1 is 1.10 bits per heavy atom. The summed E-state index contributed by atoms with van der Waals surface area (Å²) >= 11 is 1.74. The normalized spacial score (nSPS) is 15.1. The van der Waals surface area contributed by atoms with Gasteiger partial charge >= 0.3 is 0 Å². The highest BCUT2D eigenvalue weighted by molar-refractivity contribution is 14.0. The van der Waals surface area contributed by atoms with Gasteiger partial charge in [-0.1, -0.05) is 45.0 Å². The molecule has 0 unspecified atom stereocenters. The number of thiazole rings is 1. The second-order valence-corrected chi connectivity index (χ2v) is 9.72. The summed E-state index contributed by atoms with van der Waals surface area (Å²) in [5, 5.41) is 10.1. The van der Waals surface area contributed by atoms with Crippen molar-refractivity contribution < 1.29 is 0 Å². The molecule has 0 aliphatic carbocycles. The largest absolute Gasteiger partial charge is 0.356 e. The van der Waals surface area contributed by atoms with Gasteiger partial charge in [-0.2, -0.15) is 0 Å². The molecule has 1 aliphatic heterocycles. The Hall–Kier alpha value is -1.19. The van der Waals surface area contributed by atoms with Crippen LogP contribution in [0.3, 0.4) is 0 Å². The quantitative estimate of drug-likeness (QED) is 0.307. The molecule has 2 aromatic rings. The number of rotatable bonds is 7. The van der Waals surface area contributed by atoms with E-state index in [-0.39, 0.29) is 29.4 Å². The number of benzene rings is 1. The van der Waals surface area contributed by atoms with E-state index >= 15 is 0 Å². The molecular weight excluding hydrogens is 505 g/mol. The van der Waals surface area contributed by atoms with Gasteiger partial charge in [-0.3, -0.25) is 9.89 Å². The first-order valence-corrected chi connectivity index (χ1v) is 11.5. The summed E-state index contributed by atoms with van der Waals surface area (Å²) in [4.78, 5) is 11.6. The van der Waals surface area contributed by atoms with Crippen LogP contribution in [0, 0.1) is 0 Å². The Morgan fingerprint density at radius 3 is 2.37 bits per heavy atom. The Bertz CT molecular complexity index is 789. The van der Waals surface area contributed by atoms with Gasteiger partial charge in [0.05, 0.1) is 10.7 Å². The van der Waals surface area contributed by atoms with E-state index in [0.29, 0.717) is 0 Å². The fraction of sp³-hybridized carbons (Fsp3) is 0.565. The van der Waals surface area contributed by atoms with Crippen molar-refractivity contribution in [3.05, 3.63) is 51.5 Å². The molecule has 1 aromatic carbocycles. The first kappa shape index (κ1) is 25.1. The van der Waals surface area contributed by atoms with Crippen molar-refractivity contribution in [2.24, 2.45) is 4.99 Å². The SMILES string of the molecule is CN=C(NCCc1nc(C(C)(C)C)cs1)NCc1ccc(CN2CCCC2)cc1.I. The van der Waals surface area contributed by atoms with Gasteiger partial charge in [0, 0.05) is 43.9 Å². The van der Waals surface area contributed by atoms with Crippen LogP contribution in [-0.4, -0.2) is 42.5 Å². The number of guanidine groups is 1. The van der Waals surface area contributed by atoms with E-state index in [1.165, 1.54) is 47.8 Å². The van der Waals surface area contributed by atoms with Crippen LogP contribution in [0.15, 0.2) is 34.6 Å². The zero-order valence-electron chi connectivity index (χ0n) is 18.7. The van der Waals surface area contributed by atoms with Gasteiger partial charge in [-0.15, -0.1) is 35.3 Å². The maximum Gasteiger partial charge on any atom is 0.191 e. The Morgan fingerprint density at radius 2 is 1.77 bits per heavy atom. The van der Waals surface area contributed by atoms with Crippen LogP contribution in [0.25, 0.3) is 0 Å². The third kappa shape index (κ3) is 7.81. The molecule has 7 heteroatoms. The lowest BCUT2D eigenvalue weighted by Crippen LogP contribution is -2.37. The Labute approximate surface area is 202 Å². The summed E-state index contributed by atoms with van der Waals surface area (Å²) in [5.41, 5.74) is 3.96. The second-order valence-electron chi connectivity index (χ2n) is 8.78. The lowest BCUT2D eigenvalue weighted by Gasteiger charge is -2.15. The average Bonchev–Trinajstić information content (AvgIpc) is 3.37. The third-order valence-electron chi connectivity index (χ3n) is 5.26. The van der Waals surface area contributed by atoms with E-state index in [1.807, 2.05) is 7.05 Å². The predicted octanol–water partition coefficient (Wildman–Crippen LogP) is 4.56. The van der Waals surface area contributed by atoms with Crippen molar-refractivity contribution in [1.29, 1.82) is 0 Å². The standard InChI is InChI=1S/C23H35N5S.HI/c1-23(2,3)20-17-29-21(27-20)11-12-25-22(24-4)26-15-18-7-9-19(10-8-18)16-28-13-5-6-14-28;/h7-10,17H,5-6,11-16H2,1-4H3,(H2,24,25,26);1H. The van der Waals surface area contributed by atoms with E-state index in [9.17, 15) is 0 Å². The van der Waals surface area contributed by atoms with E-state index < -0.39 is 0 Å². The molecule has 0 amide bonds. The molecule has 5 nitrogen and oxygen atoms in total. The van der Waals surface area contributed by atoms with Crippen molar-refractivity contribution in [2.45, 2.75) is 58.5 Å². The van der Waals surface area contributed by atoms with Gasteiger partial charge in [0.1, 0.15) is 0 Å². The molecule has 2 N–H and O–H groups in total. The Kier molecular flexibility index (Phi) is 10.0. The highest BCUT2D eigenvalue weighted by Crippen LogP contribution is 2.23. The van der Waals surface area contributed by atoms with E-state index in [2.05, 4.69) is 70.9 Å². The maximum atomic E-state index is 4.76. The minimum atomic E-state index is 0. The van der Waals surface area contributed by atoms with Crippen LogP contribution in [0.4, 0.5) is 0 Å². The first-order valence-electron chi connectivity index (χ1n) is 10.6. The van der Waals surface area contributed by atoms with Crippen molar-refractivity contribution >= 4 is 41.3 Å². The summed E-state index contributed by atoms with van der Waals surface area (Å²) in [6, 6.07) is 8.94. The summed E-state index contributed by atoms with van der Waals surface area (Å²) in [6.07, 6.45) is 3.59. The van der Waals surface area contributed by atoms with E-state index in [4.69, 9.17) is 4.98 Å². The Balaban J connectivity index is 0.00000320. The minimum Gasteiger partial charge on any atom is -0.356 e. The fourth-order valence-corrected chi connectivity index (χ4v) is 4.45. The van der Waals surface area contributed by atoms with Gasteiger partial charge in [-0.05, 0) is 37.1 Å². The van der Waals surface area contributed by atoms with Gasteiger partial charge in [-0.25, -0.2) is 4.98 Å². The molecule has 2 heterocycles. The van der Waals surface area contributed by atoms with Crippen molar-refractivity contribution in [3.63, 3.8) is 0 Å². The fourth-order valence-electron chi connectivity index (χ4n) is 3.43. The molecule has 3 rings (SSSR count). The smallest absolute Gasteiger partial charge is 0.191 e. The molecule has 1 saturated heterocycles. The van der Waals surface area contributed by atoms with Gasteiger partial charge in [0.2, 0.25) is 0 Å². The minimum absolute atomic E-state index is 0. The van der Waals surface area contributed by atoms with Gasteiger partial charge in [0.15, 0.2) is 5.96 Å². The summed E-state index contributed by atoms with van der Waals surface area (Å²) < 4.78 is 0.